The Labute approximate surface area is 161 Å². The number of H-pyrrole nitrogens is 1. The molecular weight excluding hydrogens is 390 g/mol. The van der Waals surface area contributed by atoms with Gasteiger partial charge in [0.2, 0.25) is 10.3 Å². The SMILES string of the molecule is COc1c(C)cnc(C[S+]([O-])c2nc3c([nH]2)C=C[C@H](OC)C3=S(=O)=O)c1C. The van der Waals surface area contributed by atoms with Crippen LogP contribution >= 0.6 is 0 Å². The van der Waals surface area contributed by atoms with Crippen molar-refractivity contribution < 1.29 is 22.4 Å². The molecule has 0 aliphatic heterocycles. The maximum Gasteiger partial charge on any atom is 0.322 e. The highest BCUT2D eigenvalue weighted by Crippen LogP contribution is 2.27. The van der Waals surface area contributed by atoms with Gasteiger partial charge in [0.25, 0.3) is 0 Å². The number of nitrogens with one attached hydrogen (secondary N) is 1. The molecule has 144 valence electrons. The normalized spacial score (nSPS) is 16.9. The predicted molar refractivity (Wildman–Crippen MR) is 102 cm³/mol. The van der Waals surface area contributed by atoms with Crippen LogP contribution in [0, 0.1) is 13.8 Å². The fourth-order valence-corrected chi connectivity index (χ4v) is 4.73. The van der Waals surface area contributed by atoms with Crippen LogP contribution in [0.4, 0.5) is 0 Å². The summed E-state index contributed by atoms with van der Waals surface area (Å²) in [6.45, 7) is 3.75. The predicted octanol–water partition coefficient (Wildman–Crippen LogP) is 1.18. The van der Waals surface area contributed by atoms with E-state index in [0.29, 0.717) is 17.1 Å². The lowest BCUT2D eigenvalue weighted by Crippen LogP contribution is -2.26. The fourth-order valence-electron chi connectivity index (χ4n) is 2.95. The number of nitrogens with zero attached hydrogens (tertiary/aromatic N) is 2. The molecule has 1 aliphatic carbocycles. The van der Waals surface area contributed by atoms with Crippen molar-refractivity contribution in [2.45, 2.75) is 30.9 Å². The number of ether oxygens (including phenoxy) is 2. The van der Waals surface area contributed by atoms with E-state index in [0.717, 1.165) is 11.1 Å². The van der Waals surface area contributed by atoms with Crippen molar-refractivity contribution in [1.29, 1.82) is 0 Å². The molecule has 8 nitrogen and oxygen atoms in total. The minimum absolute atomic E-state index is 0.0146. The molecule has 1 unspecified atom stereocenters. The summed E-state index contributed by atoms with van der Waals surface area (Å²) >= 11 is -1.54. The van der Waals surface area contributed by atoms with Crippen LogP contribution in [-0.4, -0.2) is 53.1 Å². The summed E-state index contributed by atoms with van der Waals surface area (Å²) in [6, 6.07) is 0. The smallest absolute Gasteiger partial charge is 0.322 e. The van der Waals surface area contributed by atoms with Gasteiger partial charge < -0.3 is 14.0 Å². The van der Waals surface area contributed by atoms with Crippen molar-refractivity contribution in [3.63, 3.8) is 0 Å². The lowest BCUT2D eigenvalue weighted by molar-refractivity contribution is 0.193. The van der Waals surface area contributed by atoms with Crippen LogP contribution in [-0.2, 0) is 32.0 Å². The zero-order valence-electron chi connectivity index (χ0n) is 15.3. The minimum atomic E-state index is -2.51. The molecule has 0 saturated carbocycles. The molecule has 0 aromatic carbocycles. The molecule has 27 heavy (non-hydrogen) atoms. The van der Waals surface area contributed by atoms with Crippen molar-refractivity contribution in [2.24, 2.45) is 0 Å². The van der Waals surface area contributed by atoms with E-state index in [1.165, 1.54) is 7.11 Å². The van der Waals surface area contributed by atoms with Crippen molar-refractivity contribution in [2.75, 3.05) is 14.2 Å². The number of methoxy groups -OCH3 is 2. The van der Waals surface area contributed by atoms with Gasteiger partial charge in [0.05, 0.1) is 18.5 Å². The second-order valence-corrected chi connectivity index (χ2v) is 8.23. The largest absolute Gasteiger partial charge is 0.609 e. The molecule has 1 aliphatic rings. The van der Waals surface area contributed by atoms with E-state index >= 15 is 0 Å². The Bertz CT molecular complexity index is 1040. The van der Waals surface area contributed by atoms with Crippen LogP contribution in [0.25, 0.3) is 6.08 Å². The monoisotopic (exact) mass is 409 g/mol. The summed E-state index contributed by atoms with van der Waals surface area (Å²) in [5.74, 6) is 0.834. The highest BCUT2D eigenvalue weighted by Gasteiger charge is 2.30. The number of pyridine rings is 1. The molecule has 2 aromatic heterocycles. The zero-order chi connectivity index (χ0) is 19.7. The number of aryl methyl sites for hydroxylation is 1. The number of hydrogen-bond acceptors (Lipinski definition) is 7. The third kappa shape index (κ3) is 3.65. The molecule has 0 radical (unpaired) electrons. The van der Waals surface area contributed by atoms with Gasteiger partial charge in [-0.15, -0.1) is 0 Å². The van der Waals surface area contributed by atoms with Gasteiger partial charge in [-0.2, -0.15) is 13.4 Å². The lowest BCUT2D eigenvalue weighted by atomic mass is 10.1. The molecular formula is C17H19N3O5S2. The molecule has 0 spiro atoms. The highest BCUT2D eigenvalue weighted by atomic mass is 32.2. The Hall–Kier alpha value is -2.14. The van der Waals surface area contributed by atoms with E-state index in [1.807, 2.05) is 13.8 Å². The van der Waals surface area contributed by atoms with Gasteiger partial charge in [-0.05, 0) is 26.0 Å². The van der Waals surface area contributed by atoms with Crippen LogP contribution in [0.2, 0.25) is 0 Å². The van der Waals surface area contributed by atoms with Gasteiger partial charge in [-0.3, -0.25) is 9.97 Å². The molecule has 0 amide bonds. The summed E-state index contributed by atoms with van der Waals surface area (Å²) in [6.07, 6.45) is 4.23. The van der Waals surface area contributed by atoms with E-state index in [2.05, 4.69) is 15.0 Å². The molecule has 3 rings (SSSR count). The van der Waals surface area contributed by atoms with Crippen molar-refractivity contribution in [3.05, 3.63) is 40.5 Å². The first kappa shape index (κ1) is 19.6. The Morgan fingerprint density at radius 1 is 1.33 bits per heavy atom. The van der Waals surface area contributed by atoms with Gasteiger partial charge in [0.15, 0.2) is 5.75 Å². The van der Waals surface area contributed by atoms with Gasteiger partial charge >= 0.3 is 5.16 Å². The van der Waals surface area contributed by atoms with Crippen LogP contribution in [0.1, 0.15) is 28.2 Å². The topological polar surface area (TPSA) is 117 Å². The third-order valence-corrected chi connectivity index (χ3v) is 6.25. The van der Waals surface area contributed by atoms with Crippen molar-refractivity contribution in [1.82, 2.24) is 15.0 Å². The Balaban J connectivity index is 1.94. The van der Waals surface area contributed by atoms with Crippen molar-refractivity contribution in [3.8, 4) is 5.75 Å². The molecule has 0 bridgehead atoms. The summed E-state index contributed by atoms with van der Waals surface area (Å²) in [5.41, 5.74) is 3.05. The van der Waals surface area contributed by atoms with Crippen molar-refractivity contribution >= 4 is 32.4 Å². The molecule has 10 heteroatoms. The quantitative estimate of drug-likeness (QED) is 0.582. The van der Waals surface area contributed by atoms with E-state index in [9.17, 15) is 13.0 Å². The first-order valence-electron chi connectivity index (χ1n) is 8.02. The van der Waals surface area contributed by atoms with Gasteiger partial charge in [0, 0.05) is 35.6 Å². The fraction of sp³-hybridized carbons (Fsp3) is 0.353. The molecule has 2 heterocycles. The molecule has 2 aromatic rings. The summed E-state index contributed by atoms with van der Waals surface area (Å²) < 4.78 is 46.6. The second kappa shape index (κ2) is 7.85. The maximum absolute atomic E-state index is 12.8. The Kier molecular flexibility index (Phi) is 5.70. The van der Waals surface area contributed by atoms with Gasteiger partial charge in [-0.25, -0.2) is 0 Å². The average Bonchev–Trinajstić information content (AvgIpc) is 3.07. The van der Waals surface area contributed by atoms with Crippen LogP contribution in [0.5, 0.6) is 5.75 Å². The number of hydrogen-bond donors (Lipinski definition) is 1. The minimum Gasteiger partial charge on any atom is -0.609 e. The van der Waals surface area contributed by atoms with E-state index in [-0.39, 0.29) is 21.5 Å². The highest BCUT2D eigenvalue weighted by molar-refractivity contribution is 7.90. The number of imidazole rings is 1. The second-order valence-electron chi connectivity index (χ2n) is 5.95. The Morgan fingerprint density at radius 3 is 2.70 bits per heavy atom. The Morgan fingerprint density at radius 2 is 2.07 bits per heavy atom. The number of fused-ring (bicyclic) bond motifs is 1. The number of aromatic amines is 1. The average molecular weight is 409 g/mol. The van der Waals surface area contributed by atoms with E-state index in [4.69, 9.17) is 9.47 Å². The van der Waals surface area contributed by atoms with Crippen LogP contribution < -0.4 is 4.74 Å². The van der Waals surface area contributed by atoms with Gasteiger partial charge in [-0.1, -0.05) is 0 Å². The standard InChI is InChI=1S/C17H19N3O5S2/c1-9-7-18-12(10(2)15(9)25-4)8-26(21)17-19-11-5-6-13(24-3)16(27(22)23)14(11)20-17/h5-7,13H,8H2,1-4H3,(H,19,20)/t13-,26?/m0/s1. The number of aromatic nitrogens is 3. The molecule has 1 N–H and O–H groups in total. The summed E-state index contributed by atoms with van der Waals surface area (Å²) in [5, 5.41) is 0.185. The van der Waals surface area contributed by atoms with Crippen LogP contribution in [0.15, 0.2) is 17.4 Å². The van der Waals surface area contributed by atoms with Gasteiger partial charge in [0.1, 0.15) is 22.4 Å². The first-order valence-corrected chi connectivity index (χ1v) is 10.4. The third-order valence-electron chi connectivity index (χ3n) is 4.31. The molecule has 2 atom stereocenters. The van der Waals surface area contributed by atoms with E-state index < -0.39 is 27.6 Å². The maximum atomic E-state index is 12.8. The summed E-state index contributed by atoms with van der Waals surface area (Å²) in [7, 11) is 0.482. The molecule has 0 saturated heterocycles. The first-order chi connectivity index (χ1) is 12.9. The lowest BCUT2D eigenvalue weighted by Gasteiger charge is -2.14. The van der Waals surface area contributed by atoms with Crippen LogP contribution in [0.3, 0.4) is 0 Å². The number of rotatable bonds is 5. The van der Waals surface area contributed by atoms with E-state index in [1.54, 1.807) is 25.5 Å². The zero-order valence-corrected chi connectivity index (χ0v) is 16.9. The molecule has 0 fully saturated rings. The summed E-state index contributed by atoms with van der Waals surface area (Å²) in [4.78, 5) is 11.6.